The van der Waals surface area contributed by atoms with Gasteiger partial charge in [0.1, 0.15) is 17.2 Å². The lowest BCUT2D eigenvalue weighted by atomic mass is 10.0. The Bertz CT molecular complexity index is 766. The van der Waals surface area contributed by atoms with Gasteiger partial charge >= 0.3 is 5.97 Å². The molecule has 1 saturated carbocycles. The lowest BCUT2D eigenvalue weighted by molar-refractivity contribution is -0.138. The van der Waals surface area contributed by atoms with E-state index >= 15 is 0 Å². The van der Waals surface area contributed by atoms with E-state index < -0.39 is 5.97 Å². The van der Waals surface area contributed by atoms with Crippen molar-refractivity contribution in [2.45, 2.75) is 26.4 Å². The van der Waals surface area contributed by atoms with Crippen LogP contribution in [0.3, 0.4) is 0 Å². The number of aliphatic carboxylic acids is 1. The summed E-state index contributed by atoms with van der Waals surface area (Å²) in [6, 6.07) is 13.6. The first-order valence-electron chi connectivity index (χ1n) is 8.78. The van der Waals surface area contributed by atoms with Crippen LogP contribution in [0.15, 0.2) is 42.5 Å². The number of hydrogen-bond donors (Lipinski definition) is 1. The number of benzene rings is 2. The third kappa shape index (κ3) is 4.48. The standard InChI is InChI=1S/C21H24O5/c1-13(2)26-19-9-15(8-18(11-19)24-3)14-4-6-17(7-5-14)25-12-16-10-20(16)21(22)23/h4-9,11,13,16,20H,10,12H2,1-3H3,(H,22,23)/t16-,20+/m0/s1. The fourth-order valence-corrected chi connectivity index (χ4v) is 2.88. The van der Waals surface area contributed by atoms with E-state index in [1.165, 1.54) is 0 Å². The molecule has 0 aliphatic heterocycles. The predicted octanol–water partition coefficient (Wildman–Crippen LogP) is 4.25. The molecule has 1 aliphatic carbocycles. The van der Waals surface area contributed by atoms with Gasteiger partial charge in [-0.15, -0.1) is 0 Å². The molecule has 0 radical (unpaired) electrons. The minimum absolute atomic E-state index is 0.0859. The smallest absolute Gasteiger partial charge is 0.306 e. The van der Waals surface area contributed by atoms with E-state index in [9.17, 15) is 4.79 Å². The van der Waals surface area contributed by atoms with Crippen LogP contribution in [-0.4, -0.2) is 30.9 Å². The summed E-state index contributed by atoms with van der Waals surface area (Å²) in [5.41, 5.74) is 2.03. The van der Waals surface area contributed by atoms with Crippen LogP contribution in [0.2, 0.25) is 0 Å². The first kappa shape index (κ1) is 18.1. The maximum atomic E-state index is 10.9. The van der Waals surface area contributed by atoms with Crippen LogP contribution in [0.1, 0.15) is 20.3 Å². The molecule has 2 atom stereocenters. The summed E-state index contributed by atoms with van der Waals surface area (Å²) in [5, 5.41) is 8.93. The average Bonchev–Trinajstić information content (AvgIpc) is 3.39. The highest BCUT2D eigenvalue weighted by Gasteiger charge is 2.43. The van der Waals surface area contributed by atoms with Gasteiger partial charge in [0.25, 0.3) is 0 Å². The second kappa shape index (κ2) is 7.68. The van der Waals surface area contributed by atoms with E-state index in [4.69, 9.17) is 19.3 Å². The molecule has 5 heteroatoms. The molecular formula is C21H24O5. The summed E-state index contributed by atoms with van der Waals surface area (Å²) in [5.74, 6) is 1.40. The number of hydrogen-bond acceptors (Lipinski definition) is 4. The molecule has 1 N–H and O–H groups in total. The molecule has 0 bridgehead atoms. The summed E-state index contributed by atoms with van der Waals surface area (Å²) in [6.45, 7) is 4.42. The fraction of sp³-hybridized carbons (Fsp3) is 0.381. The van der Waals surface area contributed by atoms with Crippen molar-refractivity contribution in [2.75, 3.05) is 13.7 Å². The van der Waals surface area contributed by atoms with E-state index in [2.05, 4.69) is 0 Å². The zero-order valence-electron chi connectivity index (χ0n) is 15.3. The van der Waals surface area contributed by atoms with Gasteiger partial charge in [0.2, 0.25) is 0 Å². The van der Waals surface area contributed by atoms with Crippen molar-refractivity contribution in [2.24, 2.45) is 11.8 Å². The van der Waals surface area contributed by atoms with Gasteiger partial charge in [-0.05, 0) is 55.7 Å². The molecule has 0 unspecified atom stereocenters. The molecule has 0 heterocycles. The lowest BCUT2D eigenvalue weighted by Crippen LogP contribution is -2.06. The van der Waals surface area contributed by atoms with Crippen LogP contribution in [0.5, 0.6) is 17.2 Å². The molecule has 2 aromatic rings. The first-order chi connectivity index (χ1) is 12.5. The highest BCUT2D eigenvalue weighted by atomic mass is 16.5. The third-order valence-corrected chi connectivity index (χ3v) is 4.38. The molecule has 2 aromatic carbocycles. The van der Waals surface area contributed by atoms with Crippen LogP contribution in [0.4, 0.5) is 0 Å². The van der Waals surface area contributed by atoms with Gasteiger partial charge in [0.05, 0.1) is 25.7 Å². The molecule has 0 amide bonds. The quantitative estimate of drug-likeness (QED) is 0.766. The number of carboxylic acid groups (broad SMARTS) is 1. The molecule has 0 saturated heterocycles. The van der Waals surface area contributed by atoms with Crippen molar-refractivity contribution in [3.05, 3.63) is 42.5 Å². The number of methoxy groups -OCH3 is 1. The van der Waals surface area contributed by atoms with Crippen LogP contribution in [0.25, 0.3) is 11.1 Å². The van der Waals surface area contributed by atoms with Crippen molar-refractivity contribution in [3.8, 4) is 28.4 Å². The van der Waals surface area contributed by atoms with Gasteiger partial charge in [0, 0.05) is 12.0 Å². The topological polar surface area (TPSA) is 65.0 Å². The Balaban J connectivity index is 1.69. The van der Waals surface area contributed by atoms with E-state index in [0.29, 0.717) is 13.0 Å². The van der Waals surface area contributed by atoms with Gasteiger partial charge < -0.3 is 19.3 Å². The predicted molar refractivity (Wildman–Crippen MR) is 98.9 cm³/mol. The molecule has 1 fully saturated rings. The molecule has 26 heavy (non-hydrogen) atoms. The first-order valence-corrected chi connectivity index (χ1v) is 8.78. The average molecular weight is 356 g/mol. The normalized spacial score (nSPS) is 18.5. The van der Waals surface area contributed by atoms with E-state index in [-0.39, 0.29) is 17.9 Å². The Morgan fingerprint density at radius 2 is 1.77 bits per heavy atom. The number of rotatable bonds is 8. The van der Waals surface area contributed by atoms with E-state index in [0.717, 1.165) is 28.4 Å². The van der Waals surface area contributed by atoms with Gasteiger partial charge in [-0.2, -0.15) is 0 Å². The van der Waals surface area contributed by atoms with E-state index in [1.807, 2.05) is 56.3 Å². The Morgan fingerprint density at radius 3 is 2.35 bits per heavy atom. The Hall–Kier alpha value is -2.69. The van der Waals surface area contributed by atoms with Crippen LogP contribution >= 0.6 is 0 Å². The lowest BCUT2D eigenvalue weighted by Gasteiger charge is -2.13. The van der Waals surface area contributed by atoms with Crippen molar-refractivity contribution in [1.82, 2.24) is 0 Å². The van der Waals surface area contributed by atoms with Crippen molar-refractivity contribution < 1.29 is 24.1 Å². The van der Waals surface area contributed by atoms with Gasteiger partial charge in [0.15, 0.2) is 0 Å². The second-order valence-electron chi connectivity index (χ2n) is 6.84. The summed E-state index contributed by atoms with van der Waals surface area (Å²) in [7, 11) is 1.64. The fourth-order valence-electron chi connectivity index (χ4n) is 2.88. The summed E-state index contributed by atoms with van der Waals surface area (Å²) in [6.07, 6.45) is 0.790. The number of carbonyl (C=O) groups is 1. The second-order valence-corrected chi connectivity index (χ2v) is 6.84. The number of carboxylic acids is 1. The van der Waals surface area contributed by atoms with Crippen molar-refractivity contribution in [1.29, 1.82) is 0 Å². The SMILES string of the molecule is COc1cc(OC(C)C)cc(-c2ccc(OC[C@@H]3C[C@H]3C(=O)O)cc2)c1. The van der Waals surface area contributed by atoms with Gasteiger partial charge in [-0.3, -0.25) is 4.79 Å². The zero-order chi connectivity index (χ0) is 18.7. The Morgan fingerprint density at radius 1 is 1.08 bits per heavy atom. The minimum atomic E-state index is -0.730. The zero-order valence-corrected chi connectivity index (χ0v) is 15.3. The Labute approximate surface area is 153 Å². The molecule has 0 spiro atoms. The minimum Gasteiger partial charge on any atom is -0.497 e. The van der Waals surface area contributed by atoms with Crippen LogP contribution < -0.4 is 14.2 Å². The molecular weight excluding hydrogens is 332 g/mol. The maximum Gasteiger partial charge on any atom is 0.306 e. The van der Waals surface area contributed by atoms with Gasteiger partial charge in [-0.25, -0.2) is 0 Å². The summed E-state index contributed by atoms with van der Waals surface area (Å²) >= 11 is 0. The maximum absolute atomic E-state index is 10.9. The van der Waals surface area contributed by atoms with Crippen molar-refractivity contribution in [3.63, 3.8) is 0 Å². The molecule has 0 aromatic heterocycles. The molecule has 5 nitrogen and oxygen atoms in total. The van der Waals surface area contributed by atoms with Crippen molar-refractivity contribution >= 4 is 5.97 Å². The Kier molecular flexibility index (Phi) is 5.35. The number of ether oxygens (including phenoxy) is 3. The highest BCUT2D eigenvalue weighted by molar-refractivity contribution is 5.73. The molecule has 3 rings (SSSR count). The third-order valence-electron chi connectivity index (χ3n) is 4.38. The molecule has 1 aliphatic rings. The van der Waals surface area contributed by atoms with Crippen LogP contribution in [-0.2, 0) is 4.79 Å². The van der Waals surface area contributed by atoms with Gasteiger partial charge in [-0.1, -0.05) is 12.1 Å². The van der Waals surface area contributed by atoms with E-state index in [1.54, 1.807) is 7.11 Å². The monoisotopic (exact) mass is 356 g/mol. The molecule has 138 valence electrons. The summed E-state index contributed by atoms with van der Waals surface area (Å²) in [4.78, 5) is 10.9. The van der Waals surface area contributed by atoms with Crippen LogP contribution in [0, 0.1) is 11.8 Å². The largest absolute Gasteiger partial charge is 0.497 e. The summed E-state index contributed by atoms with van der Waals surface area (Å²) < 4.78 is 16.9. The highest BCUT2D eigenvalue weighted by Crippen LogP contribution is 2.39.